The summed E-state index contributed by atoms with van der Waals surface area (Å²) >= 11 is 0. The Morgan fingerprint density at radius 2 is 2.00 bits per heavy atom. The van der Waals surface area contributed by atoms with Crippen molar-refractivity contribution in [2.45, 2.75) is 52.0 Å². The zero-order valence-corrected chi connectivity index (χ0v) is 8.74. The highest BCUT2D eigenvalue weighted by Crippen LogP contribution is 2.15. The van der Waals surface area contributed by atoms with Gasteiger partial charge in [-0.15, -0.1) is 0 Å². The van der Waals surface area contributed by atoms with Gasteiger partial charge in [-0.25, -0.2) is 0 Å². The molecule has 0 amide bonds. The summed E-state index contributed by atoms with van der Waals surface area (Å²) in [6.45, 7) is 6.06. The first-order valence-corrected chi connectivity index (χ1v) is 4.83. The van der Waals surface area contributed by atoms with E-state index >= 15 is 0 Å². The van der Waals surface area contributed by atoms with Gasteiger partial charge in [0, 0.05) is 6.42 Å². The van der Waals surface area contributed by atoms with Gasteiger partial charge < -0.3 is 5.32 Å². The SMILES string of the molecule is CCCCC(C)(NC)C(=O)CC. The van der Waals surface area contributed by atoms with Crippen LogP contribution < -0.4 is 5.32 Å². The molecular formula is C10H21NO. The van der Waals surface area contributed by atoms with E-state index in [1.807, 2.05) is 20.9 Å². The molecule has 1 atom stereocenters. The molecule has 0 aliphatic rings. The van der Waals surface area contributed by atoms with E-state index in [0.717, 1.165) is 19.3 Å². The summed E-state index contributed by atoms with van der Waals surface area (Å²) in [5.74, 6) is 0.318. The largest absolute Gasteiger partial charge is 0.308 e. The lowest BCUT2D eigenvalue weighted by Crippen LogP contribution is -2.47. The summed E-state index contributed by atoms with van der Waals surface area (Å²) in [5, 5.41) is 3.11. The fourth-order valence-corrected chi connectivity index (χ4v) is 1.32. The average Bonchev–Trinajstić information content (AvgIpc) is 2.12. The summed E-state index contributed by atoms with van der Waals surface area (Å²) in [5.41, 5.74) is -0.287. The molecule has 12 heavy (non-hydrogen) atoms. The molecule has 0 bridgehead atoms. The van der Waals surface area contributed by atoms with Crippen LogP contribution in [0, 0.1) is 0 Å². The Morgan fingerprint density at radius 1 is 1.42 bits per heavy atom. The van der Waals surface area contributed by atoms with Gasteiger partial charge in [-0.05, 0) is 20.4 Å². The van der Waals surface area contributed by atoms with Gasteiger partial charge in [-0.3, -0.25) is 4.79 Å². The fourth-order valence-electron chi connectivity index (χ4n) is 1.32. The molecule has 0 aromatic heterocycles. The van der Waals surface area contributed by atoms with Crippen LogP contribution in [0.5, 0.6) is 0 Å². The van der Waals surface area contributed by atoms with Crippen molar-refractivity contribution in [3.05, 3.63) is 0 Å². The zero-order chi connectivity index (χ0) is 9.61. The first-order chi connectivity index (χ1) is 5.60. The Hall–Kier alpha value is -0.370. The van der Waals surface area contributed by atoms with Gasteiger partial charge in [0.15, 0.2) is 5.78 Å². The van der Waals surface area contributed by atoms with Gasteiger partial charge in [-0.2, -0.15) is 0 Å². The summed E-state index contributed by atoms with van der Waals surface area (Å²) in [6, 6.07) is 0. The molecule has 0 fully saturated rings. The molecule has 0 aromatic rings. The average molecular weight is 171 g/mol. The Balaban J connectivity index is 4.13. The second-order valence-electron chi connectivity index (χ2n) is 3.46. The summed E-state index contributed by atoms with van der Waals surface area (Å²) < 4.78 is 0. The van der Waals surface area contributed by atoms with Gasteiger partial charge >= 0.3 is 0 Å². The molecule has 0 aromatic carbocycles. The molecule has 0 saturated carbocycles. The topological polar surface area (TPSA) is 29.1 Å². The van der Waals surface area contributed by atoms with Crippen molar-refractivity contribution in [3.63, 3.8) is 0 Å². The van der Waals surface area contributed by atoms with Crippen LogP contribution in [0.4, 0.5) is 0 Å². The maximum atomic E-state index is 11.5. The predicted molar refractivity (Wildman–Crippen MR) is 52.3 cm³/mol. The number of Topliss-reactive ketones (excluding diaryl/α,β-unsaturated/α-hetero) is 1. The minimum absolute atomic E-state index is 0.287. The maximum Gasteiger partial charge on any atom is 0.152 e. The second-order valence-corrected chi connectivity index (χ2v) is 3.46. The van der Waals surface area contributed by atoms with Crippen molar-refractivity contribution in [2.75, 3.05) is 7.05 Å². The van der Waals surface area contributed by atoms with Crippen molar-refractivity contribution in [2.24, 2.45) is 0 Å². The third-order valence-electron chi connectivity index (χ3n) is 2.52. The van der Waals surface area contributed by atoms with Crippen molar-refractivity contribution in [3.8, 4) is 0 Å². The van der Waals surface area contributed by atoms with Crippen LogP contribution in [-0.4, -0.2) is 18.4 Å². The number of likely N-dealkylation sites (N-methyl/N-ethyl adjacent to an activating group) is 1. The Kier molecular flexibility index (Phi) is 5.14. The molecule has 0 saturated heterocycles. The van der Waals surface area contributed by atoms with Crippen molar-refractivity contribution >= 4 is 5.78 Å². The van der Waals surface area contributed by atoms with Gasteiger partial charge in [0.2, 0.25) is 0 Å². The van der Waals surface area contributed by atoms with E-state index in [1.54, 1.807) is 0 Å². The number of carbonyl (C=O) groups excluding carboxylic acids is 1. The number of ketones is 1. The Morgan fingerprint density at radius 3 is 2.33 bits per heavy atom. The van der Waals surface area contributed by atoms with E-state index in [-0.39, 0.29) is 5.54 Å². The van der Waals surface area contributed by atoms with Crippen LogP contribution in [0.25, 0.3) is 0 Å². The highest BCUT2D eigenvalue weighted by atomic mass is 16.1. The van der Waals surface area contributed by atoms with E-state index in [9.17, 15) is 4.79 Å². The third-order valence-corrected chi connectivity index (χ3v) is 2.52. The standard InChI is InChI=1S/C10H21NO/c1-5-7-8-10(3,11-4)9(12)6-2/h11H,5-8H2,1-4H3. The van der Waals surface area contributed by atoms with Gasteiger partial charge in [0.25, 0.3) is 0 Å². The minimum Gasteiger partial charge on any atom is -0.308 e. The van der Waals surface area contributed by atoms with Crippen molar-refractivity contribution < 1.29 is 4.79 Å². The summed E-state index contributed by atoms with van der Waals surface area (Å²) in [6.07, 6.45) is 3.84. The first-order valence-electron chi connectivity index (χ1n) is 4.83. The molecule has 0 radical (unpaired) electrons. The molecule has 0 rings (SSSR count). The van der Waals surface area contributed by atoms with E-state index in [1.165, 1.54) is 0 Å². The Labute approximate surface area is 75.7 Å². The highest BCUT2D eigenvalue weighted by molar-refractivity contribution is 5.87. The molecule has 0 aliphatic heterocycles. The van der Waals surface area contributed by atoms with Crippen LogP contribution >= 0.6 is 0 Å². The number of carbonyl (C=O) groups is 1. The molecular weight excluding hydrogens is 150 g/mol. The summed E-state index contributed by atoms with van der Waals surface area (Å²) in [7, 11) is 1.86. The lowest BCUT2D eigenvalue weighted by molar-refractivity contribution is -0.124. The third kappa shape index (κ3) is 2.94. The smallest absolute Gasteiger partial charge is 0.152 e. The lowest BCUT2D eigenvalue weighted by atomic mass is 9.89. The minimum atomic E-state index is -0.287. The van der Waals surface area contributed by atoms with E-state index in [2.05, 4.69) is 12.2 Å². The van der Waals surface area contributed by atoms with Gasteiger partial charge in [0.05, 0.1) is 5.54 Å². The van der Waals surface area contributed by atoms with Gasteiger partial charge in [-0.1, -0.05) is 26.7 Å². The van der Waals surface area contributed by atoms with E-state index in [4.69, 9.17) is 0 Å². The molecule has 0 aliphatic carbocycles. The zero-order valence-electron chi connectivity index (χ0n) is 8.74. The number of hydrogen-bond donors (Lipinski definition) is 1. The van der Waals surface area contributed by atoms with E-state index < -0.39 is 0 Å². The molecule has 0 spiro atoms. The maximum absolute atomic E-state index is 11.5. The Bertz CT molecular complexity index is 145. The van der Waals surface area contributed by atoms with Gasteiger partial charge in [0.1, 0.15) is 0 Å². The van der Waals surface area contributed by atoms with Crippen LogP contribution in [-0.2, 0) is 4.79 Å². The molecule has 1 N–H and O–H groups in total. The van der Waals surface area contributed by atoms with Crippen LogP contribution in [0.1, 0.15) is 46.5 Å². The van der Waals surface area contributed by atoms with Crippen LogP contribution in [0.2, 0.25) is 0 Å². The number of unbranched alkanes of at least 4 members (excludes halogenated alkanes) is 1. The number of hydrogen-bond acceptors (Lipinski definition) is 2. The first kappa shape index (κ1) is 11.6. The lowest BCUT2D eigenvalue weighted by Gasteiger charge is -2.27. The van der Waals surface area contributed by atoms with E-state index in [0.29, 0.717) is 12.2 Å². The van der Waals surface area contributed by atoms with Crippen molar-refractivity contribution in [1.29, 1.82) is 0 Å². The second kappa shape index (κ2) is 5.31. The van der Waals surface area contributed by atoms with Crippen LogP contribution in [0.15, 0.2) is 0 Å². The summed E-state index contributed by atoms with van der Waals surface area (Å²) in [4.78, 5) is 11.5. The molecule has 2 heteroatoms. The molecule has 72 valence electrons. The van der Waals surface area contributed by atoms with Crippen molar-refractivity contribution in [1.82, 2.24) is 5.32 Å². The quantitative estimate of drug-likeness (QED) is 0.663. The number of rotatable bonds is 6. The molecule has 2 nitrogen and oxygen atoms in total. The predicted octanol–water partition coefficient (Wildman–Crippen LogP) is 2.13. The monoisotopic (exact) mass is 171 g/mol. The molecule has 0 heterocycles. The fraction of sp³-hybridized carbons (Fsp3) is 0.900. The highest BCUT2D eigenvalue weighted by Gasteiger charge is 2.28. The van der Waals surface area contributed by atoms with Crippen LogP contribution in [0.3, 0.4) is 0 Å². The molecule has 1 unspecified atom stereocenters. The number of nitrogens with one attached hydrogen (secondary N) is 1. The normalized spacial score (nSPS) is 15.7.